The first kappa shape index (κ1) is 17.0. The van der Waals surface area contributed by atoms with Crippen LogP contribution in [0.5, 0.6) is 0 Å². The van der Waals surface area contributed by atoms with Gasteiger partial charge in [0.05, 0.1) is 6.54 Å². The Bertz CT molecular complexity index is 691. The Kier molecular flexibility index (Phi) is 5.73. The molecule has 1 unspecified atom stereocenters. The Morgan fingerprint density at radius 1 is 1.17 bits per heavy atom. The van der Waals surface area contributed by atoms with Crippen LogP contribution >= 0.6 is 11.6 Å². The van der Waals surface area contributed by atoms with E-state index in [1.165, 1.54) is 11.9 Å². The largest absolute Gasteiger partial charge is 0.378 e. The van der Waals surface area contributed by atoms with Gasteiger partial charge in [0.2, 0.25) is 5.91 Å². The van der Waals surface area contributed by atoms with Crippen LogP contribution in [-0.2, 0) is 9.59 Å². The van der Waals surface area contributed by atoms with Crippen molar-refractivity contribution in [3.05, 3.63) is 65.2 Å². The van der Waals surface area contributed by atoms with E-state index in [4.69, 9.17) is 11.6 Å². The molecule has 0 radical (unpaired) electrons. The molecule has 1 atom stereocenters. The van der Waals surface area contributed by atoms with Gasteiger partial charge < -0.3 is 15.3 Å². The molecular formula is C17H17ClN2O3. The van der Waals surface area contributed by atoms with E-state index in [-0.39, 0.29) is 12.5 Å². The molecule has 0 aliphatic heterocycles. The van der Waals surface area contributed by atoms with Crippen LogP contribution in [0.1, 0.15) is 11.7 Å². The van der Waals surface area contributed by atoms with Gasteiger partial charge in [-0.3, -0.25) is 9.59 Å². The number of nitrogens with zero attached hydrogens (tertiary/aromatic N) is 1. The molecule has 0 spiro atoms. The summed E-state index contributed by atoms with van der Waals surface area (Å²) in [4.78, 5) is 25.3. The number of hydrogen-bond acceptors (Lipinski definition) is 3. The average Bonchev–Trinajstić information content (AvgIpc) is 2.54. The maximum absolute atomic E-state index is 12.2. The Morgan fingerprint density at radius 2 is 1.87 bits per heavy atom. The highest BCUT2D eigenvalue weighted by molar-refractivity contribution is 6.30. The van der Waals surface area contributed by atoms with Crippen LogP contribution in [0.25, 0.3) is 0 Å². The summed E-state index contributed by atoms with van der Waals surface area (Å²) in [5, 5.41) is 13.2. The Labute approximate surface area is 139 Å². The number of anilines is 1. The predicted octanol–water partition coefficient (Wildman–Crippen LogP) is 2.47. The van der Waals surface area contributed by atoms with Crippen molar-refractivity contribution in [2.24, 2.45) is 0 Å². The fourth-order valence-corrected chi connectivity index (χ4v) is 2.24. The molecule has 5 nitrogen and oxygen atoms in total. The minimum absolute atomic E-state index is 0.171. The number of amides is 2. The van der Waals surface area contributed by atoms with Crippen molar-refractivity contribution in [3.8, 4) is 0 Å². The van der Waals surface area contributed by atoms with Gasteiger partial charge in [0.25, 0.3) is 5.91 Å². The standard InChI is InChI=1S/C17H17ClN2O3/c1-20(17(23)16(22)12-6-3-2-4-7-12)11-15(21)19-14-9-5-8-13(18)10-14/h2-10,16,22H,11H2,1H3,(H,19,21). The van der Waals surface area contributed by atoms with E-state index in [2.05, 4.69) is 5.32 Å². The molecule has 23 heavy (non-hydrogen) atoms. The van der Waals surface area contributed by atoms with Crippen molar-refractivity contribution in [1.82, 2.24) is 4.90 Å². The van der Waals surface area contributed by atoms with E-state index in [1.54, 1.807) is 54.6 Å². The summed E-state index contributed by atoms with van der Waals surface area (Å²) >= 11 is 5.84. The molecule has 0 aromatic heterocycles. The summed E-state index contributed by atoms with van der Waals surface area (Å²) in [5.74, 6) is -0.916. The van der Waals surface area contributed by atoms with Gasteiger partial charge in [-0.1, -0.05) is 48.0 Å². The maximum Gasteiger partial charge on any atom is 0.256 e. The number of carbonyl (C=O) groups excluding carboxylic acids is 2. The molecule has 2 amide bonds. The average molecular weight is 333 g/mol. The van der Waals surface area contributed by atoms with Crippen LogP contribution in [-0.4, -0.2) is 35.4 Å². The van der Waals surface area contributed by atoms with Gasteiger partial charge in [0, 0.05) is 17.8 Å². The Morgan fingerprint density at radius 3 is 2.52 bits per heavy atom. The topological polar surface area (TPSA) is 69.6 Å². The van der Waals surface area contributed by atoms with Gasteiger partial charge in [0.15, 0.2) is 6.10 Å². The van der Waals surface area contributed by atoms with Crippen molar-refractivity contribution in [2.75, 3.05) is 18.9 Å². The number of hydrogen-bond donors (Lipinski definition) is 2. The third-order valence-corrected chi connectivity index (χ3v) is 3.45. The minimum atomic E-state index is -1.29. The number of aliphatic hydroxyl groups excluding tert-OH is 1. The highest BCUT2D eigenvalue weighted by Gasteiger charge is 2.22. The second-order valence-electron chi connectivity index (χ2n) is 5.07. The van der Waals surface area contributed by atoms with E-state index >= 15 is 0 Å². The van der Waals surface area contributed by atoms with Crippen LogP contribution in [0.4, 0.5) is 5.69 Å². The van der Waals surface area contributed by atoms with Crippen LogP contribution in [0.3, 0.4) is 0 Å². The molecule has 0 saturated carbocycles. The molecule has 2 aromatic rings. The first-order valence-electron chi connectivity index (χ1n) is 7.01. The van der Waals surface area contributed by atoms with E-state index in [0.29, 0.717) is 16.3 Å². The number of rotatable bonds is 5. The zero-order valence-electron chi connectivity index (χ0n) is 12.6. The third-order valence-electron chi connectivity index (χ3n) is 3.21. The van der Waals surface area contributed by atoms with E-state index in [1.807, 2.05) is 0 Å². The van der Waals surface area contributed by atoms with Crippen LogP contribution in [0.15, 0.2) is 54.6 Å². The van der Waals surface area contributed by atoms with Gasteiger partial charge in [-0.15, -0.1) is 0 Å². The van der Waals surface area contributed by atoms with Gasteiger partial charge in [0.1, 0.15) is 0 Å². The molecule has 0 heterocycles. The van der Waals surface area contributed by atoms with E-state index < -0.39 is 12.0 Å². The van der Waals surface area contributed by atoms with Crippen molar-refractivity contribution in [2.45, 2.75) is 6.10 Å². The van der Waals surface area contributed by atoms with Crippen LogP contribution < -0.4 is 5.32 Å². The number of benzene rings is 2. The third kappa shape index (κ3) is 4.81. The zero-order chi connectivity index (χ0) is 16.8. The Hall–Kier alpha value is -2.37. The molecular weight excluding hydrogens is 316 g/mol. The van der Waals surface area contributed by atoms with Crippen LogP contribution in [0.2, 0.25) is 5.02 Å². The smallest absolute Gasteiger partial charge is 0.256 e. The molecule has 0 saturated heterocycles. The van der Waals surface area contributed by atoms with E-state index in [9.17, 15) is 14.7 Å². The van der Waals surface area contributed by atoms with Crippen molar-refractivity contribution >= 4 is 29.1 Å². The highest BCUT2D eigenvalue weighted by atomic mass is 35.5. The normalized spacial score (nSPS) is 11.6. The van der Waals surface area contributed by atoms with Crippen molar-refractivity contribution in [3.63, 3.8) is 0 Å². The molecule has 120 valence electrons. The van der Waals surface area contributed by atoms with Crippen molar-refractivity contribution in [1.29, 1.82) is 0 Å². The summed E-state index contributed by atoms with van der Waals surface area (Å²) in [5.41, 5.74) is 1.03. The van der Waals surface area contributed by atoms with Crippen LogP contribution in [0, 0.1) is 0 Å². The van der Waals surface area contributed by atoms with Gasteiger partial charge in [-0.25, -0.2) is 0 Å². The number of likely N-dealkylation sites (N-methyl/N-ethyl adjacent to an activating group) is 1. The lowest BCUT2D eigenvalue weighted by molar-refractivity contribution is -0.141. The summed E-state index contributed by atoms with van der Waals surface area (Å²) in [7, 11) is 1.46. The zero-order valence-corrected chi connectivity index (χ0v) is 13.3. The second kappa shape index (κ2) is 7.76. The number of halogens is 1. The van der Waals surface area contributed by atoms with Gasteiger partial charge in [-0.05, 0) is 23.8 Å². The molecule has 2 N–H and O–H groups in total. The molecule has 2 aromatic carbocycles. The van der Waals surface area contributed by atoms with E-state index in [0.717, 1.165) is 0 Å². The number of aliphatic hydroxyl groups is 1. The first-order valence-corrected chi connectivity index (χ1v) is 7.38. The minimum Gasteiger partial charge on any atom is -0.378 e. The van der Waals surface area contributed by atoms with Gasteiger partial charge in [-0.2, -0.15) is 0 Å². The Balaban J connectivity index is 1.94. The summed E-state index contributed by atoms with van der Waals surface area (Å²) in [6.45, 7) is -0.171. The SMILES string of the molecule is CN(CC(=O)Nc1cccc(Cl)c1)C(=O)C(O)c1ccccc1. The fourth-order valence-electron chi connectivity index (χ4n) is 2.05. The maximum atomic E-state index is 12.2. The monoisotopic (exact) mass is 332 g/mol. The van der Waals surface area contributed by atoms with Gasteiger partial charge >= 0.3 is 0 Å². The molecule has 2 rings (SSSR count). The first-order chi connectivity index (χ1) is 11.0. The second-order valence-corrected chi connectivity index (χ2v) is 5.50. The molecule has 0 aliphatic rings. The number of carbonyl (C=O) groups is 2. The molecule has 0 aliphatic carbocycles. The lowest BCUT2D eigenvalue weighted by atomic mass is 10.1. The highest BCUT2D eigenvalue weighted by Crippen LogP contribution is 2.16. The summed E-state index contributed by atoms with van der Waals surface area (Å²) in [6, 6.07) is 15.3. The number of nitrogens with one attached hydrogen (secondary N) is 1. The molecule has 0 bridgehead atoms. The molecule has 6 heteroatoms. The summed E-state index contributed by atoms with van der Waals surface area (Å²) < 4.78 is 0. The quantitative estimate of drug-likeness (QED) is 0.883. The lowest BCUT2D eigenvalue weighted by Crippen LogP contribution is -2.37. The van der Waals surface area contributed by atoms with Crippen molar-refractivity contribution < 1.29 is 14.7 Å². The summed E-state index contributed by atoms with van der Waals surface area (Å²) in [6.07, 6.45) is -1.29. The fraction of sp³-hybridized carbons (Fsp3) is 0.176. The molecule has 0 fully saturated rings. The lowest BCUT2D eigenvalue weighted by Gasteiger charge is -2.20. The predicted molar refractivity (Wildman–Crippen MR) is 89.1 cm³/mol.